The zero-order valence-corrected chi connectivity index (χ0v) is 17.0. The predicted octanol–water partition coefficient (Wildman–Crippen LogP) is 1.63. The minimum absolute atomic E-state index is 0. The maximum absolute atomic E-state index is 10.4. The molecular formula is C8H10O3ReRf-2. The summed E-state index contributed by atoms with van der Waals surface area (Å²) in [6, 6.07) is 0. The fraction of sp³-hybridized carbons (Fsp3) is 0.500. The van der Waals surface area contributed by atoms with Gasteiger partial charge < -0.3 is 14.8 Å². The van der Waals surface area contributed by atoms with Gasteiger partial charge in [-0.2, -0.15) is 18.6 Å². The van der Waals surface area contributed by atoms with E-state index < -0.39 is 5.82 Å². The van der Waals surface area contributed by atoms with E-state index >= 15 is 0 Å². The SMILES string of the molecule is C[C-](c1[c-]oc(=O)o1)C(C)C.[Re].[Rf]. The molecule has 13 heavy (non-hydrogen) atoms. The molecule has 0 aliphatic heterocycles. The van der Waals surface area contributed by atoms with Crippen molar-refractivity contribution in [2.75, 3.05) is 0 Å². The Morgan fingerprint density at radius 1 is 1.46 bits per heavy atom. The third kappa shape index (κ3) is 3.18. The van der Waals surface area contributed by atoms with E-state index in [9.17, 15) is 4.79 Å². The van der Waals surface area contributed by atoms with Crippen LogP contribution in [0.15, 0.2) is 13.6 Å². The van der Waals surface area contributed by atoms with Crippen LogP contribution < -0.4 is 5.82 Å². The van der Waals surface area contributed by atoms with Gasteiger partial charge in [-0.1, -0.05) is 13.8 Å². The standard InChI is InChI=1S/C8H10O3.Re.Rf/c1-5(2)6(3)7-4-10-8(9)11-7;;/h5H,1-3H3;;/q-2;;. The Labute approximate surface area is 84.8 Å². The Balaban J connectivity index is 0. The van der Waals surface area contributed by atoms with Crippen LogP contribution in [0.1, 0.15) is 26.5 Å². The molecule has 0 N–H and O–H groups in total. The molecule has 3 nitrogen and oxygen atoms in total. The molecule has 0 atom stereocenters. The summed E-state index contributed by atoms with van der Waals surface area (Å²) in [7, 11) is 0. The van der Waals surface area contributed by atoms with E-state index in [1.54, 1.807) is 0 Å². The molecule has 1 heterocycles. The molecule has 0 amide bonds. The Bertz CT molecular complexity index is 279. The second-order valence-corrected chi connectivity index (χ2v) is 2.72. The maximum atomic E-state index is 10.4. The second kappa shape index (κ2) is 5.23. The molecule has 0 aromatic carbocycles. The van der Waals surface area contributed by atoms with Crippen molar-refractivity contribution >= 4 is 0 Å². The van der Waals surface area contributed by atoms with Crippen molar-refractivity contribution in [2.24, 2.45) is 5.92 Å². The molecule has 0 aliphatic rings. The smallest absolute Gasteiger partial charge is 0.477 e. The van der Waals surface area contributed by atoms with Crippen LogP contribution in [0.4, 0.5) is 0 Å². The van der Waals surface area contributed by atoms with Crippen LogP contribution >= 0.6 is 0 Å². The van der Waals surface area contributed by atoms with Gasteiger partial charge in [-0.05, 0) is 0 Å². The Kier molecular flexibility index (Phi) is 5.67. The first-order valence-corrected chi connectivity index (χ1v) is 3.46. The van der Waals surface area contributed by atoms with Gasteiger partial charge in [0.25, 0.3) is 0 Å². The first-order valence-electron chi connectivity index (χ1n) is 3.46. The normalized spacial score (nSPS) is 8.92. The zero-order valence-electron chi connectivity index (χ0n) is 7.89. The van der Waals surface area contributed by atoms with Crippen molar-refractivity contribution in [3.05, 3.63) is 28.6 Å². The van der Waals surface area contributed by atoms with Crippen molar-refractivity contribution in [3.8, 4) is 0 Å². The molecule has 5 heteroatoms. The number of hydrogen-bond donors (Lipinski definition) is 0. The van der Waals surface area contributed by atoms with Crippen LogP contribution in [-0.4, -0.2) is 0 Å². The summed E-state index contributed by atoms with van der Waals surface area (Å²) in [6.07, 6.45) is 2.40. The summed E-state index contributed by atoms with van der Waals surface area (Å²) in [5.74, 6) is 1.04. The fourth-order valence-electron chi connectivity index (χ4n) is 0.636. The Morgan fingerprint density at radius 3 is 2.31 bits per heavy atom. The van der Waals surface area contributed by atoms with Gasteiger partial charge in [-0.25, -0.2) is 4.79 Å². The summed E-state index contributed by atoms with van der Waals surface area (Å²) in [6.45, 7) is 5.90. The molecule has 0 saturated carbocycles. The van der Waals surface area contributed by atoms with Crippen molar-refractivity contribution in [1.29, 1.82) is 0 Å². The van der Waals surface area contributed by atoms with E-state index in [-0.39, 0.29) is 20.4 Å². The van der Waals surface area contributed by atoms with Crippen LogP contribution in [0, 0.1) is 18.1 Å². The van der Waals surface area contributed by atoms with Crippen molar-refractivity contribution in [3.63, 3.8) is 0 Å². The van der Waals surface area contributed by atoms with Gasteiger partial charge in [0.1, 0.15) is 0 Å². The van der Waals surface area contributed by atoms with E-state index in [0.29, 0.717) is 11.7 Å². The molecule has 0 fully saturated rings. The van der Waals surface area contributed by atoms with Gasteiger partial charge in [0.15, 0.2) is 0 Å². The average Bonchev–Trinajstić information content (AvgIpc) is 2.34. The fourth-order valence-corrected chi connectivity index (χ4v) is 0.636. The van der Waals surface area contributed by atoms with E-state index in [1.807, 2.05) is 20.8 Å². The molecule has 0 aliphatic carbocycles. The molecule has 1 radical (unpaired) electrons. The number of rotatable bonds is 2. The van der Waals surface area contributed by atoms with Crippen molar-refractivity contribution in [1.82, 2.24) is 0 Å². The van der Waals surface area contributed by atoms with Gasteiger partial charge in [0.05, 0.1) is 0 Å². The van der Waals surface area contributed by atoms with Gasteiger partial charge in [0.2, 0.25) is 0 Å². The summed E-state index contributed by atoms with van der Waals surface area (Å²) >= 11 is 0. The van der Waals surface area contributed by atoms with Crippen LogP contribution in [0.5, 0.6) is 0 Å². The predicted molar refractivity (Wildman–Crippen MR) is 38.9 cm³/mol. The third-order valence-corrected chi connectivity index (χ3v) is 1.64. The van der Waals surface area contributed by atoms with Crippen LogP contribution in [0.25, 0.3) is 0 Å². The second-order valence-electron chi connectivity index (χ2n) is 2.72. The quantitative estimate of drug-likeness (QED) is 0.481. The number of hydrogen-bond acceptors (Lipinski definition) is 3. The van der Waals surface area contributed by atoms with Crippen molar-refractivity contribution in [2.45, 2.75) is 20.8 Å². The van der Waals surface area contributed by atoms with Crippen LogP contribution in [-0.2, 0) is 20.4 Å². The van der Waals surface area contributed by atoms with E-state index in [2.05, 4.69) is 10.7 Å². The molecular weight excluding hydrogens is 597 g/mol. The Hall–Kier alpha value is -1.46. The molecule has 71 valence electrons. The zero-order chi connectivity index (χ0) is 8.43. The largest absolute Gasteiger partial charge is 0.605 e. The topological polar surface area (TPSA) is 43.4 Å². The molecule has 0 spiro atoms. The van der Waals surface area contributed by atoms with Gasteiger partial charge >= 0.3 is 5.82 Å². The summed E-state index contributed by atoms with van der Waals surface area (Å²) in [5, 5.41) is 0. The molecule has 0 unspecified atom stereocenters. The van der Waals surface area contributed by atoms with Gasteiger partial charge in [-0.3, -0.25) is 6.26 Å². The monoisotopic (exact) mass is 608 g/mol. The van der Waals surface area contributed by atoms with E-state index in [0.717, 1.165) is 5.92 Å². The van der Waals surface area contributed by atoms with E-state index in [1.165, 1.54) is 0 Å². The first kappa shape index (κ1) is 14.1. The molecule has 0 bridgehead atoms. The van der Waals surface area contributed by atoms with Gasteiger partial charge in [0, 0.05) is 20.4 Å². The van der Waals surface area contributed by atoms with Crippen LogP contribution in [0.2, 0.25) is 0 Å². The van der Waals surface area contributed by atoms with Gasteiger partial charge in [-0.15, -0.1) is 0 Å². The molecule has 1 rings (SSSR count). The summed E-state index contributed by atoms with van der Waals surface area (Å²) in [4.78, 5) is 10.4. The third-order valence-electron chi connectivity index (χ3n) is 1.64. The van der Waals surface area contributed by atoms with E-state index in [4.69, 9.17) is 4.42 Å². The summed E-state index contributed by atoms with van der Waals surface area (Å²) < 4.78 is 9.06. The average molecular weight is 607 g/mol. The maximum Gasteiger partial charge on any atom is 0.477 e. The molecule has 1 aromatic rings. The first-order chi connectivity index (χ1) is 5.11. The Morgan fingerprint density at radius 2 is 2.00 bits per heavy atom. The minimum Gasteiger partial charge on any atom is -0.605 e. The molecule has 0 saturated heterocycles. The molecule has 1 aromatic heterocycles. The van der Waals surface area contributed by atoms with Crippen molar-refractivity contribution < 1.29 is 29.3 Å². The van der Waals surface area contributed by atoms with Crippen LogP contribution in [0.3, 0.4) is 0 Å². The summed E-state index contributed by atoms with van der Waals surface area (Å²) in [5.41, 5.74) is 0. The minimum atomic E-state index is -0.694.